The van der Waals surface area contributed by atoms with E-state index in [0.717, 1.165) is 12.1 Å². The Kier molecular flexibility index (Phi) is 3.27. The minimum Gasteiger partial charge on any atom is -0.369 e. The number of carbonyl (C=O) groups excluding carboxylic acids is 1. The van der Waals surface area contributed by atoms with Crippen LogP contribution in [0, 0.1) is 0 Å². The van der Waals surface area contributed by atoms with Crippen LogP contribution in [0.25, 0.3) is 0 Å². The SMILES string of the molecule is NC(=O)CC(F)(F)S(=O)(=O)c1ccccc1. The lowest BCUT2D eigenvalue weighted by Crippen LogP contribution is -2.34. The van der Waals surface area contributed by atoms with E-state index in [1.165, 1.54) is 18.2 Å². The van der Waals surface area contributed by atoms with E-state index in [1.54, 1.807) is 0 Å². The number of carbonyl (C=O) groups is 1. The Labute approximate surface area is 91.0 Å². The van der Waals surface area contributed by atoms with Crippen molar-refractivity contribution in [3.8, 4) is 0 Å². The fourth-order valence-corrected chi connectivity index (χ4v) is 2.26. The molecule has 0 saturated heterocycles. The fourth-order valence-electron chi connectivity index (χ4n) is 1.07. The average Bonchev–Trinajstić information content (AvgIpc) is 2.17. The van der Waals surface area contributed by atoms with Gasteiger partial charge < -0.3 is 5.73 Å². The van der Waals surface area contributed by atoms with E-state index in [-0.39, 0.29) is 0 Å². The number of nitrogens with two attached hydrogens (primary N) is 1. The third-order valence-electron chi connectivity index (χ3n) is 1.83. The number of rotatable bonds is 4. The summed E-state index contributed by atoms with van der Waals surface area (Å²) in [6, 6.07) is 6.18. The van der Waals surface area contributed by atoms with E-state index in [1.807, 2.05) is 0 Å². The standard InChI is InChI=1S/C9H9F2NO3S/c10-9(11,6-8(12)13)16(14,15)7-4-2-1-3-5-7/h1-5H,6H2,(H2,12,13). The summed E-state index contributed by atoms with van der Waals surface area (Å²) < 4.78 is 49.4. The summed E-state index contributed by atoms with van der Waals surface area (Å²) in [7, 11) is -4.87. The van der Waals surface area contributed by atoms with Crippen LogP contribution in [-0.2, 0) is 14.6 Å². The summed E-state index contributed by atoms with van der Waals surface area (Å²) in [4.78, 5) is 9.83. The average molecular weight is 249 g/mol. The Morgan fingerprint density at radius 3 is 2.19 bits per heavy atom. The molecule has 0 spiro atoms. The van der Waals surface area contributed by atoms with Crippen molar-refractivity contribution >= 4 is 15.7 Å². The van der Waals surface area contributed by atoms with Gasteiger partial charge in [0.1, 0.15) is 6.42 Å². The van der Waals surface area contributed by atoms with Gasteiger partial charge in [-0.1, -0.05) is 18.2 Å². The molecule has 0 aromatic heterocycles. The summed E-state index contributed by atoms with van der Waals surface area (Å²) in [5, 5.41) is -4.18. The smallest absolute Gasteiger partial charge is 0.358 e. The molecule has 0 aliphatic carbocycles. The van der Waals surface area contributed by atoms with Crippen LogP contribution in [0.1, 0.15) is 6.42 Å². The minimum absolute atomic E-state index is 0.541. The summed E-state index contributed by atoms with van der Waals surface area (Å²) in [6.07, 6.45) is -1.52. The van der Waals surface area contributed by atoms with E-state index in [9.17, 15) is 22.0 Å². The van der Waals surface area contributed by atoms with E-state index >= 15 is 0 Å². The second kappa shape index (κ2) is 4.17. The molecule has 0 atom stereocenters. The zero-order chi connectivity index (χ0) is 12.4. The van der Waals surface area contributed by atoms with Gasteiger partial charge in [0.15, 0.2) is 0 Å². The number of halogens is 2. The third kappa shape index (κ3) is 2.35. The molecule has 0 radical (unpaired) electrons. The van der Waals surface area contributed by atoms with Crippen molar-refractivity contribution in [3.63, 3.8) is 0 Å². The summed E-state index contributed by atoms with van der Waals surface area (Å²) in [5.41, 5.74) is 4.57. The van der Waals surface area contributed by atoms with E-state index in [2.05, 4.69) is 5.73 Å². The Bertz CT molecular complexity index is 485. The van der Waals surface area contributed by atoms with Gasteiger partial charge in [-0.25, -0.2) is 8.42 Å². The van der Waals surface area contributed by atoms with Crippen LogP contribution in [0.15, 0.2) is 35.2 Å². The van der Waals surface area contributed by atoms with Gasteiger partial charge in [-0.05, 0) is 12.1 Å². The summed E-state index contributed by atoms with van der Waals surface area (Å²) in [5.74, 6) is -1.37. The minimum atomic E-state index is -4.87. The maximum absolute atomic E-state index is 13.2. The van der Waals surface area contributed by atoms with E-state index < -0.39 is 32.3 Å². The quantitative estimate of drug-likeness (QED) is 0.862. The highest BCUT2D eigenvalue weighted by atomic mass is 32.2. The van der Waals surface area contributed by atoms with Gasteiger partial charge in [-0.2, -0.15) is 8.78 Å². The van der Waals surface area contributed by atoms with Crippen LogP contribution in [0.2, 0.25) is 0 Å². The first-order valence-electron chi connectivity index (χ1n) is 4.23. The van der Waals surface area contributed by atoms with Crippen LogP contribution in [0.3, 0.4) is 0 Å². The molecule has 0 fully saturated rings. The first-order chi connectivity index (χ1) is 7.27. The molecule has 88 valence electrons. The number of benzene rings is 1. The highest BCUT2D eigenvalue weighted by Gasteiger charge is 2.47. The van der Waals surface area contributed by atoms with Gasteiger partial charge in [0.25, 0.3) is 0 Å². The Balaban J connectivity index is 3.17. The summed E-state index contributed by atoms with van der Waals surface area (Å²) in [6.45, 7) is 0. The lowest BCUT2D eigenvalue weighted by Gasteiger charge is -2.15. The highest BCUT2D eigenvalue weighted by molar-refractivity contribution is 7.92. The number of hydrogen-bond acceptors (Lipinski definition) is 3. The molecular formula is C9H9F2NO3S. The lowest BCUT2D eigenvalue weighted by atomic mass is 10.4. The number of amides is 1. The molecule has 0 heterocycles. The third-order valence-corrected chi connectivity index (χ3v) is 3.65. The van der Waals surface area contributed by atoms with Gasteiger partial charge in [0, 0.05) is 0 Å². The van der Waals surface area contributed by atoms with Crippen LogP contribution < -0.4 is 5.73 Å². The number of hydrogen-bond donors (Lipinski definition) is 1. The van der Waals surface area contributed by atoms with Crippen molar-refractivity contribution in [3.05, 3.63) is 30.3 Å². The molecule has 1 aromatic carbocycles. The van der Waals surface area contributed by atoms with Crippen LogP contribution in [-0.4, -0.2) is 19.6 Å². The van der Waals surface area contributed by atoms with Gasteiger partial charge in [0.05, 0.1) is 4.90 Å². The highest BCUT2D eigenvalue weighted by Crippen LogP contribution is 2.31. The second-order valence-electron chi connectivity index (χ2n) is 3.10. The van der Waals surface area contributed by atoms with E-state index in [0.29, 0.717) is 0 Å². The summed E-state index contributed by atoms with van der Waals surface area (Å²) >= 11 is 0. The van der Waals surface area contributed by atoms with Crippen molar-refractivity contribution in [2.24, 2.45) is 5.73 Å². The monoisotopic (exact) mass is 249 g/mol. The Hall–Kier alpha value is -1.50. The molecule has 1 aromatic rings. The number of alkyl halides is 2. The lowest BCUT2D eigenvalue weighted by molar-refractivity contribution is -0.121. The van der Waals surface area contributed by atoms with Gasteiger partial charge >= 0.3 is 5.25 Å². The molecule has 1 rings (SSSR count). The zero-order valence-corrected chi connectivity index (χ0v) is 8.88. The number of primary amides is 1. The first-order valence-corrected chi connectivity index (χ1v) is 5.71. The molecular weight excluding hydrogens is 240 g/mol. The number of sulfone groups is 1. The molecule has 0 bridgehead atoms. The maximum Gasteiger partial charge on any atom is 0.358 e. The van der Waals surface area contributed by atoms with Crippen molar-refractivity contribution in [2.75, 3.05) is 0 Å². The first kappa shape index (κ1) is 12.6. The Morgan fingerprint density at radius 1 is 1.25 bits per heavy atom. The molecule has 0 unspecified atom stereocenters. The van der Waals surface area contributed by atoms with Crippen LogP contribution in [0.5, 0.6) is 0 Å². The van der Waals surface area contributed by atoms with Crippen molar-refractivity contribution in [1.82, 2.24) is 0 Å². The van der Waals surface area contributed by atoms with Gasteiger partial charge in [-0.15, -0.1) is 0 Å². The topological polar surface area (TPSA) is 77.2 Å². The van der Waals surface area contributed by atoms with Gasteiger partial charge in [-0.3, -0.25) is 4.79 Å². The Morgan fingerprint density at radius 2 is 1.75 bits per heavy atom. The van der Waals surface area contributed by atoms with Crippen molar-refractivity contribution in [2.45, 2.75) is 16.6 Å². The molecule has 2 N–H and O–H groups in total. The van der Waals surface area contributed by atoms with Crippen LogP contribution >= 0.6 is 0 Å². The van der Waals surface area contributed by atoms with E-state index in [4.69, 9.17) is 0 Å². The predicted octanol–water partition coefficient (Wildman–Crippen LogP) is 0.929. The van der Waals surface area contributed by atoms with Crippen LogP contribution in [0.4, 0.5) is 8.78 Å². The van der Waals surface area contributed by atoms with Gasteiger partial charge in [0.2, 0.25) is 15.7 Å². The molecule has 0 aliphatic heterocycles. The van der Waals surface area contributed by atoms with Crippen molar-refractivity contribution in [1.29, 1.82) is 0 Å². The molecule has 1 amide bonds. The molecule has 16 heavy (non-hydrogen) atoms. The molecule has 7 heteroatoms. The zero-order valence-electron chi connectivity index (χ0n) is 8.06. The normalized spacial score (nSPS) is 12.4. The fraction of sp³-hybridized carbons (Fsp3) is 0.222. The second-order valence-corrected chi connectivity index (χ2v) is 5.17. The van der Waals surface area contributed by atoms with Crippen molar-refractivity contribution < 1.29 is 22.0 Å². The molecule has 4 nitrogen and oxygen atoms in total. The molecule has 0 saturated carbocycles. The maximum atomic E-state index is 13.2. The largest absolute Gasteiger partial charge is 0.369 e. The molecule has 0 aliphatic rings. The predicted molar refractivity (Wildman–Crippen MR) is 52.4 cm³/mol.